The van der Waals surface area contributed by atoms with Crippen molar-refractivity contribution in [2.45, 2.75) is 13.5 Å². The van der Waals surface area contributed by atoms with Crippen LogP contribution in [0.5, 0.6) is 11.5 Å². The van der Waals surface area contributed by atoms with Crippen LogP contribution in [-0.2, 0) is 6.54 Å². The molecular weight excluding hydrogens is 316 g/mol. The van der Waals surface area contributed by atoms with Crippen LogP contribution in [0.2, 0.25) is 4.47 Å². The Morgan fingerprint density at radius 1 is 1.18 bits per heavy atom. The SMILES string of the molecule is Cc1cccc(Oc2ccccc2NCc2cnc(Cl)s2)c1. The van der Waals surface area contributed by atoms with Gasteiger partial charge < -0.3 is 10.1 Å². The number of benzene rings is 2. The molecule has 0 radical (unpaired) electrons. The third kappa shape index (κ3) is 3.78. The Hall–Kier alpha value is -2.04. The summed E-state index contributed by atoms with van der Waals surface area (Å²) in [7, 11) is 0. The first-order valence-electron chi connectivity index (χ1n) is 6.88. The summed E-state index contributed by atoms with van der Waals surface area (Å²) in [5.74, 6) is 1.62. The summed E-state index contributed by atoms with van der Waals surface area (Å²) in [6, 6.07) is 15.9. The first-order chi connectivity index (χ1) is 10.7. The predicted molar refractivity (Wildman–Crippen MR) is 92.1 cm³/mol. The molecular formula is C17H15ClN2OS. The molecule has 3 aromatic rings. The summed E-state index contributed by atoms with van der Waals surface area (Å²) in [4.78, 5) is 5.12. The van der Waals surface area contributed by atoms with Gasteiger partial charge in [-0.25, -0.2) is 4.98 Å². The van der Waals surface area contributed by atoms with Crippen molar-refractivity contribution in [2.24, 2.45) is 0 Å². The number of aromatic nitrogens is 1. The van der Waals surface area contributed by atoms with Crippen molar-refractivity contribution in [3.63, 3.8) is 0 Å². The van der Waals surface area contributed by atoms with Crippen LogP contribution in [0, 0.1) is 6.92 Å². The van der Waals surface area contributed by atoms with Crippen LogP contribution in [0.3, 0.4) is 0 Å². The molecule has 0 atom stereocenters. The van der Waals surface area contributed by atoms with E-state index in [2.05, 4.69) is 10.3 Å². The van der Waals surface area contributed by atoms with E-state index in [-0.39, 0.29) is 0 Å². The number of anilines is 1. The number of hydrogen-bond acceptors (Lipinski definition) is 4. The maximum Gasteiger partial charge on any atom is 0.183 e. The number of thiazole rings is 1. The van der Waals surface area contributed by atoms with Gasteiger partial charge in [-0.1, -0.05) is 35.9 Å². The molecule has 0 aliphatic heterocycles. The van der Waals surface area contributed by atoms with Crippen LogP contribution in [0.4, 0.5) is 5.69 Å². The van der Waals surface area contributed by atoms with Crippen LogP contribution in [0.15, 0.2) is 54.7 Å². The summed E-state index contributed by atoms with van der Waals surface area (Å²) >= 11 is 7.32. The van der Waals surface area contributed by atoms with Crippen molar-refractivity contribution in [3.8, 4) is 11.5 Å². The number of para-hydroxylation sites is 2. The van der Waals surface area contributed by atoms with E-state index in [4.69, 9.17) is 16.3 Å². The fourth-order valence-electron chi connectivity index (χ4n) is 2.06. The summed E-state index contributed by atoms with van der Waals surface area (Å²) in [6.07, 6.45) is 1.78. The lowest BCUT2D eigenvalue weighted by molar-refractivity contribution is 0.484. The minimum absolute atomic E-state index is 0.557. The van der Waals surface area contributed by atoms with Gasteiger partial charge in [-0.15, -0.1) is 11.3 Å². The molecule has 0 fully saturated rings. The van der Waals surface area contributed by atoms with Crippen LogP contribution < -0.4 is 10.1 Å². The molecule has 0 aliphatic rings. The minimum atomic E-state index is 0.557. The van der Waals surface area contributed by atoms with Crippen LogP contribution in [0.1, 0.15) is 10.4 Å². The molecule has 0 amide bonds. The van der Waals surface area contributed by atoms with Crippen molar-refractivity contribution < 1.29 is 4.74 Å². The Labute approximate surface area is 138 Å². The second-order valence-corrected chi connectivity index (χ2v) is 6.55. The van der Waals surface area contributed by atoms with Crippen molar-refractivity contribution in [1.29, 1.82) is 0 Å². The Kier molecular flexibility index (Phi) is 4.61. The molecule has 0 bridgehead atoms. The Morgan fingerprint density at radius 3 is 2.82 bits per heavy atom. The normalized spacial score (nSPS) is 10.5. The number of nitrogens with zero attached hydrogens (tertiary/aromatic N) is 1. The molecule has 22 heavy (non-hydrogen) atoms. The number of rotatable bonds is 5. The molecule has 3 rings (SSSR count). The molecule has 1 N–H and O–H groups in total. The van der Waals surface area contributed by atoms with Crippen molar-refractivity contribution >= 4 is 28.6 Å². The lowest BCUT2D eigenvalue weighted by Crippen LogP contribution is -1.99. The lowest BCUT2D eigenvalue weighted by Gasteiger charge is -2.12. The number of aryl methyl sites for hydroxylation is 1. The average Bonchev–Trinajstić information content (AvgIpc) is 2.92. The summed E-state index contributed by atoms with van der Waals surface area (Å²) in [5.41, 5.74) is 2.11. The number of hydrogen-bond donors (Lipinski definition) is 1. The Morgan fingerprint density at radius 2 is 2.05 bits per heavy atom. The topological polar surface area (TPSA) is 34.1 Å². The lowest BCUT2D eigenvalue weighted by atomic mass is 10.2. The largest absolute Gasteiger partial charge is 0.455 e. The van der Waals surface area contributed by atoms with Gasteiger partial charge in [-0.2, -0.15) is 0 Å². The third-order valence-corrected chi connectivity index (χ3v) is 4.20. The van der Waals surface area contributed by atoms with Crippen LogP contribution in [0.25, 0.3) is 0 Å². The molecule has 0 saturated heterocycles. The maximum absolute atomic E-state index is 5.98. The highest BCUT2D eigenvalue weighted by Crippen LogP contribution is 2.30. The van der Waals surface area contributed by atoms with Gasteiger partial charge in [0.2, 0.25) is 0 Å². The Balaban J connectivity index is 1.74. The standard InChI is InChI=1S/C17H15ClN2OS/c1-12-5-4-6-13(9-12)21-16-8-3-2-7-15(16)19-10-14-11-20-17(18)22-14/h2-9,11,19H,10H2,1H3. The van der Waals surface area contributed by atoms with E-state index in [9.17, 15) is 0 Å². The molecule has 0 aliphatic carbocycles. The monoisotopic (exact) mass is 330 g/mol. The average molecular weight is 331 g/mol. The number of ether oxygens (including phenoxy) is 1. The van der Waals surface area contributed by atoms with Gasteiger partial charge in [0.05, 0.1) is 12.2 Å². The maximum atomic E-state index is 5.98. The van der Waals surface area contributed by atoms with Crippen molar-refractivity contribution in [3.05, 3.63) is 69.6 Å². The van der Waals surface area contributed by atoms with Crippen LogP contribution in [-0.4, -0.2) is 4.98 Å². The molecule has 5 heteroatoms. The van der Waals surface area contributed by atoms with Gasteiger partial charge in [-0.3, -0.25) is 0 Å². The van der Waals surface area contributed by atoms with Gasteiger partial charge in [-0.05, 0) is 36.8 Å². The van der Waals surface area contributed by atoms with E-state index < -0.39 is 0 Å². The van der Waals surface area contributed by atoms with Gasteiger partial charge in [0.25, 0.3) is 0 Å². The fourth-order valence-corrected chi connectivity index (χ4v) is 2.97. The van der Waals surface area contributed by atoms with Gasteiger partial charge >= 0.3 is 0 Å². The zero-order valence-electron chi connectivity index (χ0n) is 12.0. The summed E-state index contributed by atoms with van der Waals surface area (Å²) in [6.45, 7) is 2.71. The molecule has 1 aromatic heterocycles. The number of nitrogens with one attached hydrogen (secondary N) is 1. The van der Waals surface area contributed by atoms with Gasteiger partial charge in [0, 0.05) is 11.1 Å². The van der Waals surface area contributed by atoms with E-state index in [1.54, 1.807) is 6.20 Å². The second kappa shape index (κ2) is 6.81. The smallest absolute Gasteiger partial charge is 0.183 e. The highest BCUT2D eigenvalue weighted by molar-refractivity contribution is 7.15. The minimum Gasteiger partial charge on any atom is -0.455 e. The molecule has 0 unspecified atom stereocenters. The summed E-state index contributed by atoms with van der Waals surface area (Å²) in [5, 5.41) is 3.36. The van der Waals surface area contributed by atoms with E-state index in [1.807, 2.05) is 55.5 Å². The van der Waals surface area contributed by atoms with Crippen molar-refractivity contribution in [1.82, 2.24) is 4.98 Å². The fraction of sp³-hybridized carbons (Fsp3) is 0.118. The van der Waals surface area contributed by atoms with Gasteiger partial charge in [0.15, 0.2) is 10.2 Å². The van der Waals surface area contributed by atoms with Gasteiger partial charge in [0.1, 0.15) is 5.75 Å². The molecule has 3 nitrogen and oxygen atoms in total. The van der Waals surface area contributed by atoms with Crippen molar-refractivity contribution in [2.75, 3.05) is 5.32 Å². The molecule has 0 saturated carbocycles. The first-order valence-corrected chi connectivity index (χ1v) is 8.08. The summed E-state index contributed by atoms with van der Waals surface area (Å²) < 4.78 is 6.54. The van der Waals surface area contributed by atoms with E-state index in [0.717, 1.165) is 22.1 Å². The molecule has 2 aromatic carbocycles. The molecule has 112 valence electrons. The molecule has 1 heterocycles. The highest BCUT2D eigenvalue weighted by Gasteiger charge is 2.06. The highest BCUT2D eigenvalue weighted by atomic mass is 35.5. The Bertz CT molecular complexity index is 773. The van der Waals surface area contributed by atoms with E-state index in [0.29, 0.717) is 11.0 Å². The third-order valence-electron chi connectivity index (χ3n) is 3.08. The van der Waals surface area contributed by atoms with E-state index in [1.165, 1.54) is 16.9 Å². The zero-order chi connectivity index (χ0) is 15.4. The van der Waals surface area contributed by atoms with Crippen LogP contribution >= 0.6 is 22.9 Å². The first kappa shape index (κ1) is 14.9. The zero-order valence-corrected chi connectivity index (χ0v) is 13.6. The number of halogens is 1. The predicted octanol–water partition coefficient (Wildman–Crippen LogP) is 5.51. The second-order valence-electron chi connectivity index (χ2n) is 4.85. The van der Waals surface area contributed by atoms with E-state index >= 15 is 0 Å². The quantitative estimate of drug-likeness (QED) is 0.669. The molecule has 0 spiro atoms.